The number of anilines is 1. The standard InChI is InChI=1S/C30H32FN3O/c31-25-14-16-26(17-15-25)34-21-19-33(20-22-34)18-6-5-11-29(35)32-30-27-9-3-1-7-23(27)12-13-24-8-2-4-10-28(24)30/h1-4,7-10,12-17,30H,5-6,11,18-22H2,(H,32,35). The zero-order chi connectivity index (χ0) is 24.0. The van der Waals surface area contributed by atoms with Crippen LogP contribution in [0.4, 0.5) is 10.1 Å². The third-order valence-corrected chi connectivity index (χ3v) is 7.05. The average molecular weight is 470 g/mol. The van der Waals surface area contributed by atoms with Crippen LogP contribution in [-0.2, 0) is 4.79 Å². The second-order valence-corrected chi connectivity index (χ2v) is 9.35. The Balaban J connectivity index is 1.10. The fourth-order valence-corrected chi connectivity index (χ4v) is 5.09. The van der Waals surface area contributed by atoms with Gasteiger partial charge < -0.3 is 10.2 Å². The average Bonchev–Trinajstić information content (AvgIpc) is 3.05. The van der Waals surface area contributed by atoms with Gasteiger partial charge in [-0.05, 0) is 65.9 Å². The van der Waals surface area contributed by atoms with Gasteiger partial charge in [-0.2, -0.15) is 0 Å². The van der Waals surface area contributed by atoms with Crippen molar-refractivity contribution < 1.29 is 9.18 Å². The number of rotatable bonds is 7. The van der Waals surface area contributed by atoms with Crippen molar-refractivity contribution in [3.8, 4) is 0 Å². The fourth-order valence-electron chi connectivity index (χ4n) is 5.09. The van der Waals surface area contributed by atoms with Crippen molar-refractivity contribution in [1.29, 1.82) is 0 Å². The number of unbranched alkanes of at least 4 members (excludes halogenated alkanes) is 1. The van der Waals surface area contributed by atoms with Gasteiger partial charge in [0, 0.05) is 38.3 Å². The van der Waals surface area contributed by atoms with Crippen molar-refractivity contribution in [2.24, 2.45) is 0 Å². The maximum atomic E-state index is 13.2. The molecule has 1 amide bonds. The van der Waals surface area contributed by atoms with Gasteiger partial charge in [0.25, 0.3) is 0 Å². The Bertz CT molecular complexity index is 1130. The van der Waals surface area contributed by atoms with Crippen molar-refractivity contribution in [3.63, 3.8) is 0 Å². The molecule has 1 aliphatic heterocycles. The summed E-state index contributed by atoms with van der Waals surface area (Å²) in [6.45, 7) is 4.88. The molecule has 0 bridgehead atoms. The smallest absolute Gasteiger partial charge is 0.220 e. The van der Waals surface area contributed by atoms with E-state index in [-0.39, 0.29) is 17.8 Å². The first-order chi connectivity index (χ1) is 17.2. The van der Waals surface area contributed by atoms with Crippen molar-refractivity contribution in [2.75, 3.05) is 37.6 Å². The number of nitrogens with zero attached hydrogens (tertiary/aromatic N) is 2. The van der Waals surface area contributed by atoms with Crippen LogP contribution in [0.5, 0.6) is 0 Å². The summed E-state index contributed by atoms with van der Waals surface area (Å²) >= 11 is 0. The molecule has 1 aliphatic carbocycles. The molecule has 1 N–H and O–H groups in total. The molecule has 3 aromatic rings. The van der Waals surface area contributed by atoms with Gasteiger partial charge in [0.2, 0.25) is 5.91 Å². The highest BCUT2D eigenvalue weighted by atomic mass is 19.1. The molecular weight excluding hydrogens is 437 g/mol. The van der Waals surface area contributed by atoms with Crippen molar-refractivity contribution in [2.45, 2.75) is 25.3 Å². The Morgan fingerprint density at radius 2 is 1.40 bits per heavy atom. The van der Waals surface area contributed by atoms with E-state index in [0.717, 1.165) is 73.5 Å². The van der Waals surface area contributed by atoms with Crippen molar-refractivity contribution in [1.82, 2.24) is 10.2 Å². The highest BCUT2D eigenvalue weighted by Crippen LogP contribution is 2.32. The second kappa shape index (κ2) is 10.9. The van der Waals surface area contributed by atoms with Gasteiger partial charge in [0.1, 0.15) is 5.82 Å². The van der Waals surface area contributed by atoms with Gasteiger partial charge >= 0.3 is 0 Å². The van der Waals surface area contributed by atoms with Crippen LogP contribution in [0.25, 0.3) is 12.2 Å². The van der Waals surface area contributed by atoms with Crippen LogP contribution in [0.3, 0.4) is 0 Å². The van der Waals surface area contributed by atoms with Crippen molar-refractivity contribution in [3.05, 3.63) is 101 Å². The Morgan fingerprint density at radius 1 is 0.800 bits per heavy atom. The molecule has 35 heavy (non-hydrogen) atoms. The number of fused-ring (bicyclic) bond motifs is 2. The molecule has 2 aliphatic rings. The third kappa shape index (κ3) is 5.63. The highest BCUT2D eigenvalue weighted by Gasteiger charge is 2.23. The van der Waals surface area contributed by atoms with Crippen LogP contribution in [0.2, 0.25) is 0 Å². The maximum Gasteiger partial charge on any atom is 0.220 e. The fraction of sp³-hybridized carbons (Fsp3) is 0.300. The molecule has 0 unspecified atom stereocenters. The van der Waals surface area contributed by atoms with Gasteiger partial charge in [-0.1, -0.05) is 60.7 Å². The molecule has 1 saturated heterocycles. The first kappa shape index (κ1) is 23.3. The van der Waals surface area contributed by atoms with Gasteiger partial charge in [-0.3, -0.25) is 9.69 Å². The minimum Gasteiger partial charge on any atom is -0.369 e. The summed E-state index contributed by atoms with van der Waals surface area (Å²) in [5.74, 6) is -0.0943. The number of hydrogen-bond donors (Lipinski definition) is 1. The summed E-state index contributed by atoms with van der Waals surface area (Å²) in [6.07, 6.45) is 6.68. The molecule has 1 fully saturated rings. The summed E-state index contributed by atoms with van der Waals surface area (Å²) < 4.78 is 13.2. The minimum atomic E-state index is -0.194. The molecule has 0 radical (unpaired) electrons. The summed E-state index contributed by atoms with van der Waals surface area (Å²) in [6, 6.07) is 23.2. The third-order valence-electron chi connectivity index (χ3n) is 7.05. The zero-order valence-electron chi connectivity index (χ0n) is 20.0. The number of benzene rings is 3. The van der Waals surface area contributed by atoms with Gasteiger partial charge in [-0.15, -0.1) is 0 Å². The van der Waals surface area contributed by atoms with E-state index >= 15 is 0 Å². The lowest BCUT2D eigenvalue weighted by Gasteiger charge is -2.36. The molecule has 0 spiro atoms. The van der Waals surface area contributed by atoms with Gasteiger partial charge in [-0.25, -0.2) is 4.39 Å². The number of piperazine rings is 1. The second-order valence-electron chi connectivity index (χ2n) is 9.35. The lowest BCUT2D eigenvalue weighted by molar-refractivity contribution is -0.121. The Hall–Kier alpha value is -3.44. The van der Waals surface area contributed by atoms with Crippen LogP contribution >= 0.6 is 0 Å². The predicted molar refractivity (Wildman–Crippen MR) is 141 cm³/mol. The van der Waals surface area contributed by atoms with E-state index in [1.807, 2.05) is 36.4 Å². The first-order valence-electron chi connectivity index (χ1n) is 12.6. The number of halogens is 1. The molecule has 3 aromatic carbocycles. The van der Waals surface area contributed by atoms with E-state index in [4.69, 9.17) is 0 Å². The lowest BCUT2D eigenvalue weighted by Crippen LogP contribution is -2.46. The van der Waals surface area contributed by atoms with Crippen molar-refractivity contribution >= 4 is 23.7 Å². The van der Waals surface area contributed by atoms with Crippen LogP contribution in [0.15, 0.2) is 72.8 Å². The normalized spacial score (nSPS) is 15.9. The largest absolute Gasteiger partial charge is 0.369 e. The first-order valence-corrected chi connectivity index (χ1v) is 12.6. The number of carbonyl (C=O) groups excluding carboxylic acids is 1. The van der Waals surface area contributed by atoms with Gasteiger partial charge in [0.15, 0.2) is 0 Å². The van der Waals surface area contributed by atoms with Crippen LogP contribution in [0.1, 0.15) is 47.6 Å². The molecule has 180 valence electrons. The number of carbonyl (C=O) groups is 1. The molecule has 5 heteroatoms. The Kier molecular flexibility index (Phi) is 7.24. The Labute approximate surface area is 207 Å². The van der Waals surface area contributed by atoms with Crippen LogP contribution in [0, 0.1) is 5.82 Å². The molecule has 4 nitrogen and oxygen atoms in total. The SMILES string of the molecule is O=C(CCCCN1CCN(c2ccc(F)cc2)CC1)NC1c2ccccc2C=Cc2ccccc21. The Morgan fingerprint density at radius 3 is 2.03 bits per heavy atom. The topological polar surface area (TPSA) is 35.6 Å². The summed E-state index contributed by atoms with van der Waals surface area (Å²) in [4.78, 5) is 17.7. The predicted octanol–water partition coefficient (Wildman–Crippen LogP) is 5.51. The van der Waals surface area contributed by atoms with E-state index in [9.17, 15) is 9.18 Å². The quantitative estimate of drug-likeness (QED) is 0.464. The highest BCUT2D eigenvalue weighted by molar-refractivity contribution is 5.80. The van der Waals surface area contributed by atoms with Crippen LogP contribution in [-0.4, -0.2) is 43.5 Å². The molecular formula is C30H32FN3O. The summed E-state index contributed by atoms with van der Waals surface area (Å²) in [5, 5.41) is 3.31. The lowest BCUT2D eigenvalue weighted by atomic mass is 9.94. The maximum absolute atomic E-state index is 13.2. The summed E-state index contributed by atoms with van der Waals surface area (Å²) in [7, 11) is 0. The number of hydrogen-bond acceptors (Lipinski definition) is 3. The molecule has 0 saturated carbocycles. The zero-order valence-corrected chi connectivity index (χ0v) is 20.0. The van der Waals surface area contributed by atoms with Crippen LogP contribution < -0.4 is 10.2 Å². The minimum absolute atomic E-state index is 0.0997. The van der Waals surface area contributed by atoms with E-state index in [1.54, 1.807) is 0 Å². The van der Waals surface area contributed by atoms with E-state index in [0.29, 0.717) is 6.42 Å². The molecule has 5 rings (SSSR count). The van der Waals surface area contributed by atoms with E-state index in [2.05, 4.69) is 51.5 Å². The van der Waals surface area contributed by atoms with E-state index < -0.39 is 0 Å². The van der Waals surface area contributed by atoms with E-state index in [1.165, 1.54) is 12.1 Å². The monoisotopic (exact) mass is 469 g/mol. The summed E-state index contributed by atoms with van der Waals surface area (Å²) in [5.41, 5.74) is 5.66. The molecule has 1 heterocycles. The van der Waals surface area contributed by atoms with Gasteiger partial charge in [0.05, 0.1) is 6.04 Å². The number of amides is 1. The molecule has 0 aromatic heterocycles. The molecule has 0 atom stereocenters. The number of nitrogens with one attached hydrogen (secondary N) is 1.